The molecular weight excluding hydrogens is 448 g/mol. The molecule has 4 rings (SSSR count). The maximum absolute atomic E-state index is 11.4. The van der Waals surface area contributed by atoms with Crippen LogP contribution in [-0.2, 0) is 0 Å². The number of methoxy groups -OCH3 is 1. The number of ether oxygens (including phenoxy) is 1. The van der Waals surface area contributed by atoms with Crippen molar-refractivity contribution in [1.29, 1.82) is 0 Å². The van der Waals surface area contributed by atoms with Crippen molar-refractivity contribution >= 4 is 38.6 Å². The summed E-state index contributed by atoms with van der Waals surface area (Å²) in [6.45, 7) is 3.05. The van der Waals surface area contributed by atoms with Crippen LogP contribution in [0.5, 0.6) is 5.75 Å². The number of rotatable bonds is 4. The second-order valence-corrected chi connectivity index (χ2v) is 8.42. The van der Waals surface area contributed by atoms with Crippen molar-refractivity contribution in [2.75, 3.05) is 25.5 Å². The van der Waals surface area contributed by atoms with Gasteiger partial charge >= 0.3 is 6.09 Å². The molecular formula is C22H23BrN4O3. The van der Waals surface area contributed by atoms with Crippen LogP contribution in [0.4, 0.5) is 10.6 Å². The van der Waals surface area contributed by atoms with E-state index in [1.165, 1.54) is 4.90 Å². The number of piperidine rings is 1. The van der Waals surface area contributed by atoms with Crippen LogP contribution in [0.25, 0.3) is 22.0 Å². The third-order valence-corrected chi connectivity index (χ3v) is 5.88. The molecule has 1 aromatic heterocycles. The minimum absolute atomic E-state index is 0.000860. The first-order valence-electron chi connectivity index (χ1n) is 9.81. The molecule has 0 aliphatic carbocycles. The predicted octanol–water partition coefficient (Wildman–Crippen LogP) is 4.93. The first-order chi connectivity index (χ1) is 14.5. The van der Waals surface area contributed by atoms with E-state index in [1.54, 1.807) is 7.11 Å². The van der Waals surface area contributed by atoms with E-state index in [1.807, 2.05) is 31.2 Å². The molecule has 0 unspecified atom stereocenters. The zero-order chi connectivity index (χ0) is 21.3. The summed E-state index contributed by atoms with van der Waals surface area (Å²) in [5, 5.41) is 23.7. The summed E-state index contributed by atoms with van der Waals surface area (Å²) in [4.78, 5) is 12.8. The number of likely N-dealkylation sites (tertiary alicyclic amines) is 1. The summed E-state index contributed by atoms with van der Waals surface area (Å²) in [7, 11) is 1.64. The van der Waals surface area contributed by atoms with E-state index in [9.17, 15) is 9.90 Å². The number of aromatic nitrogens is 2. The first-order valence-corrected chi connectivity index (χ1v) is 10.6. The van der Waals surface area contributed by atoms with Gasteiger partial charge < -0.3 is 20.1 Å². The molecule has 3 aromatic rings. The molecule has 2 aromatic carbocycles. The number of hydrogen-bond donors (Lipinski definition) is 2. The normalized spacial score (nSPS) is 16.5. The summed E-state index contributed by atoms with van der Waals surface area (Å²) < 4.78 is 6.49. The Morgan fingerprint density at radius 1 is 1.23 bits per heavy atom. The number of amides is 1. The van der Waals surface area contributed by atoms with Gasteiger partial charge in [0.2, 0.25) is 0 Å². The summed E-state index contributed by atoms with van der Waals surface area (Å²) in [6, 6.07) is 12.0. The lowest BCUT2D eigenvalue weighted by molar-refractivity contribution is 0.133. The maximum Gasteiger partial charge on any atom is 0.407 e. The zero-order valence-electron chi connectivity index (χ0n) is 16.9. The molecule has 0 spiro atoms. The Labute approximate surface area is 183 Å². The lowest BCUT2D eigenvalue weighted by Crippen LogP contribution is -2.44. The van der Waals surface area contributed by atoms with Crippen molar-refractivity contribution in [2.45, 2.75) is 25.8 Å². The monoisotopic (exact) mass is 470 g/mol. The fourth-order valence-corrected chi connectivity index (χ4v) is 4.24. The number of nitrogens with one attached hydrogen (secondary N) is 1. The molecule has 1 aliphatic rings. The lowest BCUT2D eigenvalue weighted by Gasteiger charge is -2.31. The number of nitrogens with zero attached hydrogens (tertiary/aromatic N) is 3. The number of hydrogen-bond acceptors (Lipinski definition) is 5. The number of halogens is 1. The van der Waals surface area contributed by atoms with E-state index < -0.39 is 6.09 Å². The molecule has 156 valence electrons. The van der Waals surface area contributed by atoms with Gasteiger partial charge in [0.25, 0.3) is 0 Å². The van der Waals surface area contributed by atoms with E-state index in [-0.39, 0.29) is 6.04 Å². The molecule has 2 N–H and O–H groups in total. The summed E-state index contributed by atoms with van der Waals surface area (Å²) in [5.41, 5.74) is 2.72. The lowest BCUT2D eigenvalue weighted by atomic mass is 10.0. The van der Waals surface area contributed by atoms with Crippen molar-refractivity contribution in [3.63, 3.8) is 0 Å². The Balaban J connectivity index is 1.76. The highest BCUT2D eigenvalue weighted by atomic mass is 79.9. The molecule has 7 nitrogen and oxygen atoms in total. The molecule has 1 aliphatic heterocycles. The van der Waals surface area contributed by atoms with Crippen molar-refractivity contribution in [1.82, 2.24) is 15.1 Å². The molecule has 0 saturated carbocycles. The van der Waals surface area contributed by atoms with Crippen LogP contribution in [0, 0.1) is 6.92 Å². The van der Waals surface area contributed by atoms with Gasteiger partial charge in [-0.25, -0.2) is 4.79 Å². The fraction of sp³-hybridized carbons (Fsp3) is 0.318. The molecule has 0 radical (unpaired) electrons. The maximum atomic E-state index is 11.4. The quantitative estimate of drug-likeness (QED) is 0.561. The average Bonchev–Trinajstić information content (AvgIpc) is 2.74. The van der Waals surface area contributed by atoms with E-state index in [2.05, 4.69) is 43.6 Å². The Morgan fingerprint density at radius 3 is 2.83 bits per heavy atom. The Kier molecular flexibility index (Phi) is 5.76. The fourth-order valence-electron chi connectivity index (χ4n) is 3.90. The van der Waals surface area contributed by atoms with Gasteiger partial charge in [-0.15, -0.1) is 10.2 Å². The molecule has 2 heterocycles. The van der Waals surface area contributed by atoms with Crippen LogP contribution >= 0.6 is 15.9 Å². The predicted molar refractivity (Wildman–Crippen MR) is 120 cm³/mol. The van der Waals surface area contributed by atoms with Crippen LogP contribution in [-0.4, -0.2) is 52.5 Å². The van der Waals surface area contributed by atoms with Crippen molar-refractivity contribution in [2.24, 2.45) is 0 Å². The molecule has 1 atom stereocenters. The minimum atomic E-state index is -0.883. The van der Waals surface area contributed by atoms with Gasteiger partial charge in [0.05, 0.1) is 7.11 Å². The highest BCUT2D eigenvalue weighted by molar-refractivity contribution is 9.10. The number of fused-ring (bicyclic) bond motifs is 1. The van der Waals surface area contributed by atoms with Crippen molar-refractivity contribution in [3.8, 4) is 17.0 Å². The topological polar surface area (TPSA) is 87.6 Å². The number of aryl methyl sites for hydroxylation is 1. The molecule has 30 heavy (non-hydrogen) atoms. The van der Waals surface area contributed by atoms with Crippen molar-refractivity contribution < 1.29 is 14.6 Å². The van der Waals surface area contributed by atoms with Gasteiger partial charge in [0.1, 0.15) is 11.4 Å². The summed E-state index contributed by atoms with van der Waals surface area (Å²) in [5.74, 6) is 1.39. The van der Waals surface area contributed by atoms with Gasteiger partial charge in [0, 0.05) is 39.9 Å². The third kappa shape index (κ3) is 4.05. The molecule has 1 fully saturated rings. The largest absolute Gasteiger partial charge is 0.496 e. The van der Waals surface area contributed by atoms with Crippen LogP contribution < -0.4 is 10.1 Å². The SMILES string of the molecule is COc1cc(Br)ccc1-c1nnc(N[C@@H]2CCCN(C(=O)O)C2)c2cc(C)ccc12. The molecule has 8 heteroatoms. The van der Waals surface area contributed by atoms with Crippen LogP contribution in [0.15, 0.2) is 40.9 Å². The van der Waals surface area contributed by atoms with Gasteiger partial charge in [-0.3, -0.25) is 0 Å². The number of carbonyl (C=O) groups is 1. The second kappa shape index (κ2) is 8.47. The summed E-state index contributed by atoms with van der Waals surface area (Å²) >= 11 is 3.48. The van der Waals surface area contributed by atoms with Crippen LogP contribution in [0.1, 0.15) is 18.4 Å². The summed E-state index contributed by atoms with van der Waals surface area (Å²) in [6.07, 6.45) is 0.829. The third-order valence-electron chi connectivity index (χ3n) is 5.39. The average molecular weight is 471 g/mol. The number of benzene rings is 2. The standard InChI is InChI=1S/C22H23BrN4O3/c1-13-5-7-16-18(10-13)21(24-15-4-3-9-27(12-15)22(28)29)26-25-20(16)17-8-6-14(23)11-19(17)30-2/h5-8,10-11,15H,3-4,9,12H2,1-2H3,(H,24,26)(H,28,29)/t15-/m1/s1. The van der Waals surface area contributed by atoms with Crippen LogP contribution in [0.2, 0.25) is 0 Å². The second-order valence-electron chi connectivity index (χ2n) is 7.50. The zero-order valence-corrected chi connectivity index (χ0v) is 18.4. The molecule has 1 amide bonds. The van der Waals surface area contributed by atoms with Gasteiger partial charge in [-0.05, 0) is 44.0 Å². The van der Waals surface area contributed by atoms with E-state index in [0.29, 0.717) is 24.7 Å². The smallest absolute Gasteiger partial charge is 0.407 e. The first kappa shape index (κ1) is 20.4. The van der Waals surface area contributed by atoms with E-state index in [4.69, 9.17) is 4.74 Å². The Bertz CT molecular complexity index is 1110. The number of carboxylic acid groups (broad SMARTS) is 1. The minimum Gasteiger partial charge on any atom is -0.496 e. The van der Waals surface area contributed by atoms with Crippen LogP contribution in [0.3, 0.4) is 0 Å². The van der Waals surface area contributed by atoms with E-state index in [0.717, 1.165) is 44.9 Å². The van der Waals surface area contributed by atoms with Gasteiger partial charge in [-0.1, -0.05) is 33.6 Å². The molecule has 1 saturated heterocycles. The Morgan fingerprint density at radius 2 is 2.07 bits per heavy atom. The number of anilines is 1. The van der Waals surface area contributed by atoms with E-state index >= 15 is 0 Å². The van der Waals surface area contributed by atoms with Crippen molar-refractivity contribution in [3.05, 3.63) is 46.4 Å². The Hall–Kier alpha value is -2.87. The highest BCUT2D eigenvalue weighted by Crippen LogP contribution is 2.37. The molecule has 0 bridgehead atoms. The van der Waals surface area contributed by atoms with Gasteiger partial charge in [0.15, 0.2) is 5.82 Å². The van der Waals surface area contributed by atoms with Gasteiger partial charge in [-0.2, -0.15) is 0 Å². The highest BCUT2D eigenvalue weighted by Gasteiger charge is 2.24.